The van der Waals surface area contributed by atoms with Gasteiger partial charge in [-0.2, -0.15) is 0 Å². The molecule has 2 atom stereocenters. The van der Waals surface area contributed by atoms with Gasteiger partial charge < -0.3 is 10.1 Å². The van der Waals surface area contributed by atoms with E-state index in [1.807, 2.05) is 67.6 Å². The van der Waals surface area contributed by atoms with Crippen molar-refractivity contribution in [3.05, 3.63) is 124 Å². The zero-order valence-electron chi connectivity index (χ0n) is 19.0. The Morgan fingerprint density at radius 3 is 2.32 bits per heavy atom. The van der Waals surface area contributed by atoms with E-state index < -0.39 is 11.9 Å². The first-order chi connectivity index (χ1) is 16.6. The molecule has 5 nitrogen and oxygen atoms in total. The van der Waals surface area contributed by atoms with Crippen LogP contribution in [-0.2, 0) is 20.9 Å². The highest BCUT2D eigenvalue weighted by Crippen LogP contribution is 2.45. The van der Waals surface area contributed by atoms with Gasteiger partial charge in [0.05, 0.1) is 5.57 Å². The molecule has 0 bridgehead atoms. The summed E-state index contributed by atoms with van der Waals surface area (Å²) in [6, 6.07) is 23.5. The lowest BCUT2D eigenvalue weighted by atomic mass is 9.72. The minimum atomic E-state index is -0.480. The number of Topliss-reactive ketones (excluding diaryl/α,β-unsaturated/α-hetero) is 1. The number of carbonyl (C=O) groups is 2. The van der Waals surface area contributed by atoms with Crippen LogP contribution in [-0.4, -0.2) is 16.7 Å². The normalized spacial score (nSPS) is 20.0. The largest absolute Gasteiger partial charge is 0.457 e. The number of aromatic nitrogens is 1. The number of allylic oxidation sites excluding steroid dienone is 3. The topological polar surface area (TPSA) is 68.3 Å². The number of benzene rings is 2. The van der Waals surface area contributed by atoms with Crippen LogP contribution in [0.2, 0.25) is 0 Å². The molecule has 5 heteroatoms. The molecule has 2 heterocycles. The number of nitrogens with one attached hydrogen (secondary N) is 1. The summed E-state index contributed by atoms with van der Waals surface area (Å²) in [7, 11) is 0. The summed E-state index contributed by atoms with van der Waals surface area (Å²) in [5.41, 5.74) is 5.69. The van der Waals surface area contributed by atoms with E-state index in [2.05, 4.69) is 22.4 Å². The third-order valence-corrected chi connectivity index (χ3v) is 6.57. The average Bonchev–Trinajstić information content (AvgIpc) is 2.88. The molecule has 0 amide bonds. The number of nitrogens with zero attached hydrogens (tertiary/aromatic N) is 1. The van der Waals surface area contributed by atoms with Crippen molar-refractivity contribution in [2.45, 2.75) is 38.2 Å². The van der Waals surface area contributed by atoms with Crippen LogP contribution in [0.5, 0.6) is 0 Å². The molecule has 0 radical (unpaired) electrons. The van der Waals surface area contributed by atoms with Crippen molar-refractivity contribution < 1.29 is 14.3 Å². The smallest absolute Gasteiger partial charge is 0.337 e. The summed E-state index contributed by atoms with van der Waals surface area (Å²) in [6.45, 7) is 2.06. The minimum absolute atomic E-state index is 0.0604. The van der Waals surface area contributed by atoms with Gasteiger partial charge in [-0.05, 0) is 48.1 Å². The lowest BCUT2D eigenvalue weighted by Gasteiger charge is -2.36. The molecular weight excluding hydrogens is 424 g/mol. The molecule has 0 saturated carbocycles. The van der Waals surface area contributed by atoms with E-state index in [9.17, 15) is 9.59 Å². The number of ether oxygens (including phenoxy) is 1. The van der Waals surface area contributed by atoms with Crippen LogP contribution < -0.4 is 5.32 Å². The molecule has 1 aliphatic carbocycles. The number of ketones is 1. The van der Waals surface area contributed by atoms with Gasteiger partial charge in [-0.15, -0.1) is 0 Å². The Labute approximate surface area is 199 Å². The summed E-state index contributed by atoms with van der Waals surface area (Å²) >= 11 is 0. The highest BCUT2D eigenvalue weighted by atomic mass is 16.5. The van der Waals surface area contributed by atoms with Crippen LogP contribution in [0.3, 0.4) is 0 Å². The van der Waals surface area contributed by atoms with Gasteiger partial charge in [-0.1, -0.05) is 60.7 Å². The van der Waals surface area contributed by atoms with E-state index in [1.54, 1.807) is 12.4 Å². The van der Waals surface area contributed by atoms with Crippen LogP contribution in [0.4, 0.5) is 0 Å². The second kappa shape index (κ2) is 9.48. The van der Waals surface area contributed by atoms with E-state index >= 15 is 0 Å². The van der Waals surface area contributed by atoms with Gasteiger partial charge in [0, 0.05) is 41.7 Å². The Morgan fingerprint density at radius 1 is 0.941 bits per heavy atom. The molecule has 34 heavy (non-hydrogen) atoms. The van der Waals surface area contributed by atoms with Gasteiger partial charge in [-0.25, -0.2) is 4.79 Å². The standard InChI is InChI=1S/C29H26N2O3/c1-19-26(29(33)34-18-20-8-4-2-5-9-20)27(22-12-14-30-15-13-22)28-24(31-19)16-23(17-25(28)32)21-10-6-3-7-11-21/h2-15,23,27,31H,16-18H2,1H3. The maximum Gasteiger partial charge on any atom is 0.337 e. The van der Waals surface area contributed by atoms with Gasteiger partial charge >= 0.3 is 5.97 Å². The van der Waals surface area contributed by atoms with E-state index in [1.165, 1.54) is 0 Å². The molecule has 1 N–H and O–H groups in total. The molecule has 0 saturated heterocycles. The van der Waals surface area contributed by atoms with Crippen LogP contribution in [0.15, 0.2) is 108 Å². The fourth-order valence-corrected chi connectivity index (χ4v) is 4.96. The first-order valence-corrected chi connectivity index (χ1v) is 11.5. The minimum Gasteiger partial charge on any atom is -0.457 e. The van der Waals surface area contributed by atoms with E-state index in [-0.39, 0.29) is 18.3 Å². The first-order valence-electron chi connectivity index (χ1n) is 11.5. The Balaban J connectivity index is 1.50. The number of esters is 1. The lowest BCUT2D eigenvalue weighted by molar-refractivity contribution is -0.140. The Hall–Kier alpha value is -3.99. The van der Waals surface area contributed by atoms with E-state index in [0.717, 1.165) is 34.5 Å². The van der Waals surface area contributed by atoms with Crippen LogP contribution in [0, 0.1) is 0 Å². The molecule has 2 aliphatic rings. The molecule has 2 unspecified atom stereocenters. The predicted molar refractivity (Wildman–Crippen MR) is 130 cm³/mol. The zero-order valence-corrected chi connectivity index (χ0v) is 19.0. The number of rotatable bonds is 5. The maximum absolute atomic E-state index is 13.6. The molecule has 5 rings (SSSR count). The molecule has 1 aromatic heterocycles. The van der Waals surface area contributed by atoms with Crippen molar-refractivity contribution in [2.24, 2.45) is 0 Å². The summed E-state index contributed by atoms with van der Waals surface area (Å²) in [4.78, 5) is 31.1. The van der Waals surface area contributed by atoms with Crippen LogP contribution >= 0.6 is 0 Å². The zero-order chi connectivity index (χ0) is 23.5. The fourth-order valence-electron chi connectivity index (χ4n) is 4.96. The van der Waals surface area contributed by atoms with Gasteiger partial charge in [0.15, 0.2) is 5.78 Å². The van der Waals surface area contributed by atoms with Crippen molar-refractivity contribution in [3.8, 4) is 0 Å². The molecule has 3 aromatic rings. The van der Waals surface area contributed by atoms with E-state index in [4.69, 9.17) is 4.74 Å². The highest BCUT2D eigenvalue weighted by Gasteiger charge is 2.41. The van der Waals surface area contributed by atoms with Gasteiger partial charge in [0.1, 0.15) is 6.61 Å². The number of hydrogen-bond donors (Lipinski definition) is 1. The fraction of sp³-hybridized carbons (Fsp3) is 0.207. The monoisotopic (exact) mass is 450 g/mol. The molecule has 0 fully saturated rings. The molecular formula is C29H26N2O3. The van der Waals surface area contributed by atoms with Crippen molar-refractivity contribution in [1.82, 2.24) is 10.3 Å². The molecule has 170 valence electrons. The van der Waals surface area contributed by atoms with Crippen LogP contribution in [0.1, 0.15) is 48.3 Å². The summed E-state index contributed by atoms with van der Waals surface area (Å²) < 4.78 is 5.71. The SMILES string of the molecule is CC1=C(C(=O)OCc2ccccc2)C(c2ccncc2)C2=C(CC(c3ccccc3)CC2=O)N1. The third kappa shape index (κ3) is 4.29. The number of dihydropyridines is 1. The molecule has 0 spiro atoms. The number of pyridine rings is 1. The summed E-state index contributed by atoms with van der Waals surface area (Å²) in [5, 5.41) is 3.40. The lowest BCUT2D eigenvalue weighted by Crippen LogP contribution is -2.36. The van der Waals surface area contributed by atoms with Gasteiger partial charge in [0.25, 0.3) is 0 Å². The molecule has 2 aromatic carbocycles. The van der Waals surface area contributed by atoms with Crippen molar-refractivity contribution in [3.63, 3.8) is 0 Å². The Morgan fingerprint density at radius 2 is 1.62 bits per heavy atom. The third-order valence-electron chi connectivity index (χ3n) is 6.57. The first kappa shape index (κ1) is 21.8. The van der Waals surface area contributed by atoms with Crippen LogP contribution in [0.25, 0.3) is 0 Å². The number of hydrogen-bond acceptors (Lipinski definition) is 5. The van der Waals surface area contributed by atoms with Gasteiger partial charge in [-0.3, -0.25) is 9.78 Å². The Kier molecular flexibility index (Phi) is 6.09. The maximum atomic E-state index is 13.6. The van der Waals surface area contributed by atoms with Crippen molar-refractivity contribution in [2.75, 3.05) is 0 Å². The quantitative estimate of drug-likeness (QED) is 0.542. The predicted octanol–water partition coefficient (Wildman–Crippen LogP) is 5.19. The second-order valence-corrected chi connectivity index (χ2v) is 8.77. The van der Waals surface area contributed by atoms with Crippen molar-refractivity contribution >= 4 is 11.8 Å². The summed E-state index contributed by atoms with van der Waals surface area (Å²) in [5.74, 6) is -0.727. The second-order valence-electron chi connectivity index (χ2n) is 8.77. The van der Waals surface area contributed by atoms with E-state index in [0.29, 0.717) is 17.6 Å². The highest BCUT2D eigenvalue weighted by molar-refractivity contribution is 6.04. The van der Waals surface area contributed by atoms with Gasteiger partial charge in [0.2, 0.25) is 0 Å². The van der Waals surface area contributed by atoms with Crippen molar-refractivity contribution in [1.29, 1.82) is 0 Å². The molecule has 1 aliphatic heterocycles. The summed E-state index contributed by atoms with van der Waals surface area (Å²) in [6.07, 6.45) is 4.52. The average molecular weight is 451 g/mol. The Bertz CT molecular complexity index is 1260. The number of carbonyl (C=O) groups excluding carboxylic acids is 2.